The monoisotopic (exact) mass is 571 g/mol. The molecule has 1 unspecified atom stereocenters. The molecule has 0 saturated carbocycles. The van der Waals surface area contributed by atoms with Gasteiger partial charge in [0.05, 0.1) is 17.4 Å². The highest BCUT2D eigenvalue weighted by molar-refractivity contribution is 6.28. The molecule has 0 N–H and O–H groups in total. The zero-order valence-corrected chi connectivity index (χ0v) is 24.0. The molecule has 1 aromatic heterocycles. The van der Waals surface area contributed by atoms with Crippen molar-refractivity contribution in [3.8, 4) is 0 Å². The maximum Gasteiger partial charge on any atom is 0.410 e. The molecular formula is C28H34ClN5O6. The average Bonchev–Trinajstić information content (AvgIpc) is 3.32. The minimum Gasteiger partial charge on any atom is -0.468 e. The standard InChI is InChI=1S/C28H34ClN5O6/c1-26(2,3)40-25(36)33-16-27(17-33)12-13-32(15-27)22-21(34(37)38)20(30-24(29)31-22)14-28(23(35)39-4)11-7-9-18-8-5-6-10-19(18)28/h5-6,8,10H,7,9,11-17H2,1-4H3. The summed E-state index contributed by atoms with van der Waals surface area (Å²) < 4.78 is 10.7. The predicted molar refractivity (Wildman–Crippen MR) is 148 cm³/mol. The number of benzene rings is 1. The summed E-state index contributed by atoms with van der Waals surface area (Å²) in [4.78, 5) is 50.0. The van der Waals surface area contributed by atoms with E-state index in [-0.39, 0.29) is 40.4 Å². The number of nitrogens with zero attached hydrogens (tertiary/aromatic N) is 5. The van der Waals surface area contributed by atoms with E-state index in [9.17, 15) is 19.7 Å². The second-order valence-corrected chi connectivity index (χ2v) is 12.5. The molecule has 3 heterocycles. The number of aryl methyl sites for hydroxylation is 1. The summed E-state index contributed by atoms with van der Waals surface area (Å²) in [6.07, 6.45) is 2.35. The number of esters is 1. The Labute approximate surface area is 238 Å². The Kier molecular flexibility index (Phi) is 7.14. The van der Waals surface area contributed by atoms with E-state index in [1.807, 2.05) is 49.9 Å². The number of hydrogen-bond acceptors (Lipinski definition) is 9. The van der Waals surface area contributed by atoms with Crippen molar-refractivity contribution in [3.63, 3.8) is 0 Å². The largest absolute Gasteiger partial charge is 0.468 e. The molecular weight excluding hydrogens is 538 g/mol. The molecule has 0 bridgehead atoms. The molecule has 40 heavy (non-hydrogen) atoms. The topological polar surface area (TPSA) is 128 Å². The first-order valence-electron chi connectivity index (χ1n) is 13.5. The Bertz CT molecular complexity index is 1360. The molecule has 1 amide bonds. The summed E-state index contributed by atoms with van der Waals surface area (Å²) in [5, 5.41) is 12.4. The molecule has 2 fully saturated rings. The van der Waals surface area contributed by atoms with Crippen LogP contribution < -0.4 is 4.90 Å². The molecule has 2 saturated heterocycles. The molecule has 12 heteroatoms. The molecule has 5 rings (SSSR count). The van der Waals surface area contributed by atoms with Crippen LogP contribution in [0.25, 0.3) is 0 Å². The number of anilines is 1. The van der Waals surface area contributed by atoms with E-state index in [2.05, 4.69) is 9.97 Å². The van der Waals surface area contributed by atoms with Crippen LogP contribution in [-0.2, 0) is 32.5 Å². The van der Waals surface area contributed by atoms with E-state index < -0.39 is 21.9 Å². The SMILES string of the molecule is COC(=O)C1(Cc2nc(Cl)nc(N3CCC4(CN(C(=O)OC(C)(C)C)C4)C3)c2[N+](=O)[O-])CCCc2ccccc21. The van der Waals surface area contributed by atoms with Gasteiger partial charge in [-0.05, 0) is 69.2 Å². The first-order valence-corrected chi connectivity index (χ1v) is 13.8. The fourth-order valence-electron chi connectivity index (χ4n) is 6.45. The summed E-state index contributed by atoms with van der Waals surface area (Å²) in [5.74, 6) is -0.321. The van der Waals surface area contributed by atoms with Crippen molar-refractivity contribution in [2.24, 2.45) is 5.41 Å². The number of amides is 1. The van der Waals surface area contributed by atoms with Crippen LogP contribution in [0.15, 0.2) is 24.3 Å². The highest BCUT2D eigenvalue weighted by Crippen LogP contribution is 2.46. The summed E-state index contributed by atoms with van der Waals surface area (Å²) in [6.45, 7) is 7.46. The quantitative estimate of drug-likeness (QED) is 0.221. The Morgan fingerprint density at radius 1 is 1.15 bits per heavy atom. The van der Waals surface area contributed by atoms with Crippen LogP contribution in [0.1, 0.15) is 56.9 Å². The van der Waals surface area contributed by atoms with Gasteiger partial charge in [-0.25, -0.2) is 9.78 Å². The van der Waals surface area contributed by atoms with Gasteiger partial charge in [-0.15, -0.1) is 0 Å². The summed E-state index contributed by atoms with van der Waals surface area (Å²) in [6, 6.07) is 7.64. The van der Waals surface area contributed by atoms with Gasteiger partial charge in [0.1, 0.15) is 11.3 Å². The van der Waals surface area contributed by atoms with Gasteiger partial charge in [0, 0.05) is 38.0 Å². The predicted octanol–water partition coefficient (Wildman–Crippen LogP) is 4.48. The number of ether oxygens (including phenoxy) is 2. The number of carbonyl (C=O) groups excluding carboxylic acids is 2. The van der Waals surface area contributed by atoms with Crippen molar-refractivity contribution in [2.75, 3.05) is 38.2 Å². The second-order valence-electron chi connectivity index (χ2n) is 12.1. The molecule has 1 spiro atoms. The van der Waals surface area contributed by atoms with E-state index in [4.69, 9.17) is 21.1 Å². The zero-order valence-electron chi connectivity index (χ0n) is 23.2. The maximum absolute atomic E-state index is 13.3. The van der Waals surface area contributed by atoms with Gasteiger partial charge in [-0.1, -0.05) is 24.3 Å². The lowest BCUT2D eigenvalue weighted by atomic mass is 9.67. The van der Waals surface area contributed by atoms with Crippen LogP contribution in [0.4, 0.5) is 16.3 Å². The first-order chi connectivity index (χ1) is 18.9. The lowest BCUT2D eigenvalue weighted by molar-refractivity contribution is -0.385. The van der Waals surface area contributed by atoms with Gasteiger partial charge in [-0.3, -0.25) is 14.9 Å². The number of rotatable bonds is 5. The molecule has 2 aliphatic heterocycles. The Hall–Kier alpha value is -3.47. The van der Waals surface area contributed by atoms with E-state index in [0.717, 1.165) is 30.4 Å². The number of aromatic nitrogens is 2. The molecule has 1 aliphatic carbocycles. The van der Waals surface area contributed by atoms with Crippen LogP contribution in [-0.4, -0.2) is 70.7 Å². The van der Waals surface area contributed by atoms with Crippen molar-refractivity contribution in [2.45, 2.75) is 63.9 Å². The van der Waals surface area contributed by atoms with Gasteiger partial charge in [0.15, 0.2) is 0 Å². The lowest BCUT2D eigenvalue weighted by Crippen LogP contribution is -2.60. The molecule has 1 aromatic carbocycles. The van der Waals surface area contributed by atoms with E-state index >= 15 is 0 Å². The van der Waals surface area contributed by atoms with Gasteiger partial charge in [0.25, 0.3) is 0 Å². The highest BCUT2D eigenvalue weighted by atomic mass is 35.5. The number of nitro groups is 1. The first kappa shape index (κ1) is 28.1. The summed E-state index contributed by atoms with van der Waals surface area (Å²) in [7, 11) is 1.33. The zero-order chi connectivity index (χ0) is 28.9. The third-order valence-corrected chi connectivity index (χ3v) is 8.33. The third kappa shape index (κ3) is 5.07. The smallest absolute Gasteiger partial charge is 0.410 e. The van der Waals surface area contributed by atoms with Gasteiger partial charge in [0.2, 0.25) is 11.1 Å². The lowest BCUT2D eigenvalue weighted by Gasteiger charge is -2.47. The molecule has 214 valence electrons. The van der Waals surface area contributed by atoms with Crippen molar-refractivity contribution in [3.05, 3.63) is 56.5 Å². The van der Waals surface area contributed by atoms with Gasteiger partial charge < -0.3 is 19.3 Å². The second kappa shape index (κ2) is 10.2. The molecule has 1 atom stereocenters. The summed E-state index contributed by atoms with van der Waals surface area (Å²) >= 11 is 6.37. The van der Waals surface area contributed by atoms with E-state index in [1.54, 1.807) is 4.90 Å². The van der Waals surface area contributed by atoms with Crippen molar-refractivity contribution in [1.29, 1.82) is 0 Å². The van der Waals surface area contributed by atoms with Crippen LogP contribution >= 0.6 is 11.6 Å². The van der Waals surface area contributed by atoms with Crippen molar-refractivity contribution in [1.82, 2.24) is 14.9 Å². The fraction of sp³-hybridized carbons (Fsp3) is 0.571. The number of likely N-dealkylation sites (tertiary alicyclic amines) is 1. The van der Waals surface area contributed by atoms with Crippen LogP contribution in [0.5, 0.6) is 0 Å². The van der Waals surface area contributed by atoms with Crippen molar-refractivity contribution < 1.29 is 24.0 Å². The van der Waals surface area contributed by atoms with E-state index in [0.29, 0.717) is 32.6 Å². The molecule has 0 radical (unpaired) electrons. The van der Waals surface area contributed by atoms with Crippen LogP contribution in [0.3, 0.4) is 0 Å². The van der Waals surface area contributed by atoms with Crippen LogP contribution in [0.2, 0.25) is 5.28 Å². The minimum atomic E-state index is -1.13. The Balaban J connectivity index is 1.46. The fourth-order valence-corrected chi connectivity index (χ4v) is 6.63. The number of carbonyl (C=O) groups is 2. The van der Waals surface area contributed by atoms with Crippen molar-refractivity contribution >= 4 is 35.2 Å². The number of hydrogen-bond donors (Lipinski definition) is 0. The highest BCUT2D eigenvalue weighted by Gasteiger charge is 2.52. The summed E-state index contributed by atoms with van der Waals surface area (Å²) in [5.41, 5.74) is -0.256. The normalized spacial score (nSPS) is 21.5. The van der Waals surface area contributed by atoms with Gasteiger partial charge in [-0.2, -0.15) is 4.98 Å². The number of halogens is 1. The number of methoxy groups -OCH3 is 1. The third-order valence-electron chi connectivity index (χ3n) is 8.16. The molecule has 3 aliphatic rings. The Morgan fingerprint density at radius 2 is 1.88 bits per heavy atom. The Morgan fingerprint density at radius 3 is 2.55 bits per heavy atom. The maximum atomic E-state index is 13.3. The van der Waals surface area contributed by atoms with Crippen LogP contribution in [0, 0.1) is 15.5 Å². The van der Waals surface area contributed by atoms with Gasteiger partial charge >= 0.3 is 17.7 Å². The number of fused-ring (bicyclic) bond motifs is 1. The minimum absolute atomic E-state index is 0.0341. The average molecular weight is 572 g/mol. The molecule has 11 nitrogen and oxygen atoms in total. The molecule has 2 aromatic rings. The van der Waals surface area contributed by atoms with E-state index in [1.165, 1.54) is 7.11 Å².